The molecule has 3 N–H and O–H groups in total. The molecule has 0 atom stereocenters. The van der Waals surface area contributed by atoms with Crippen molar-refractivity contribution in [2.75, 3.05) is 11.1 Å². The summed E-state index contributed by atoms with van der Waals surface area (Å²) in [6, 6.07) is 12.2. The Kier molecular flexibility index (Phi) is 2.82. The summed E-state index contributed by atoms with van der Waals surface area (Å²) < 4.78 is 0. The molecule has 0 aliphatic carbocycles. The van der Waals surface area contributed by atoms with Crippen LogP contribution in [-0.4, -0.2) is 10.9 Å². The third kappa shape index (κ3) is 2.36. The van der Waals surface area contributed by atoms with Crippen molar-refractivity contribution in [3.63, 3.8) is 0 Å². The average molecular weight is 213 g/mol. The molecule has 0 spiro atoms. The molecule has 2 rings (SSSR count). The van der Waals surface area contributed by atoms with Gasteiger partial charge < -0.3 is 11.1 Å². The Morgan fingerprint density at radius 1 is 1.19 bits per heavy atom. The molecule has 0 saturated heterocycles. The van der Waals surface area contributed by atoms with E-state index in [-0.39, 0.29) is 5.91 Å². The molecule has 4 heteroatoms. The fraction of sp³-hybridized carbons (Fsp3) is 0. The molecular formula is C12H11N3O. The summed E-state index contributed by atoms with van der Waals surface area (Å²) in [7, 11) is 0. The van der Waals surface area contributed by atoms with E-state index in [1.807, 2.05) is 18.2 Å². The number of benzene rings is 1. The number of anilines is 2. The second-order valence-electron chi connectivity index (χ2n) is 3.29. The monoisotopic (exact) mass is 213 g/mol. The number of carbonyl (C=O) groups is 1. The zero-order valence-electron chi connectivity index (χ0n) is 8.55. The van der Waals surface area contributed by atoms with E-state index >= 15 is 0 Å². The molecule has 16 heavy (non-hydrogen) atoms. The molecule has 0 unspecified atom stereocenters. The lowest BCUT2D eigenvalue weighted by Crippen LogP contribution is -2.12. The van der Waals surface area contributed by atoms with Gasteiger partial charge in [-0.2, -0.15) is 0 Å². The van der Waals surface area contributed by atoms with Crippen molar-refractivity contribution in [3.8, 4) is 0 Å². The lowest BCUT2D eigenvalue weighted by atomic mass is 10.2. The van der Waals surface area contributed by atoms with Crippen molar-refractivity contribution < 1.29 is 4.79 Å². The van der Waals surface area contributed by atoms with Gasteiger partial charge in [-0.25, -0.2) is 4.98 Å². The summed E-state index contributed by atoms with van der Waals surface area (Å²) in [6.45, 7) is 0. The van der Waals surface area contributed by atoms with Crippen molar-refractivity contribution in [3.05, 3.63) is 54.2 Å². The number of pyridine rings is 1. The molecular weight excluding hydrogens is 202 g/mol. The smallest absolute Gasteiger partial charge is 0.256 e. The Balaban J connectivity index is 2.14. The van der Waals surface area contributed by atoms with E-state index < -0.39 is 0 Å². The van der Waals surface area contributed by atoms with E-state index in [0.717, 1.165) is 0 Å². The summed E-state index contributed by atoms with van der Waals surface area (Å²) in [5, 5.41) is 2.67. The number of hydrogen-bond donors (Lipinski definition) is 2. The highest BCUT2D eigenvalue weighted by Crippen LogP contribution is 2.09. The molecule has 1 aromatic carbocycles. The first-order valence-corrected chi connectivity index (χ1v) is 4.83. The highest BCUT2D eigenvalue weighted by atomic mass is 16.1. The van der Waals surface area contributed by atoms with Gasteiger partial charge in [-0.05, 0) is 18.2 Å². The zero-order valence-corrected chi connectivity index (χ0v) is 8.55. The number of nitrogens with one attached hydrogen (secondary N) is 1. The molecule has 0 saturated carbocycles. The number of aromatic nitrogens is 1. The van der Waals surface area contributed by atoms with Gasteiger partial charge in [0.25, 0.3) is 5.91 Å². The minimum absolute atomic E-state index is 0.196. The third-order valence-corrected chi connectivity index (χ3v) is 2.06. The van der Waals surface area contributed by atoms with Crippen LogP contribution in [0.25, 0.3) is 0 Å². The summed E-state index contributed by atoms with van der Waals surface area (Å²) >= 11 is 0. The van der Waals surface area contributed by atoms with E-state index in [2.05, 4.69) is 10.3 Å². The van der Waals surface area contributed by atoms with Gasteiger partial charge in [0.2, 0.25) is 0 Å². The van der Waals surface area contributed by atoms with Crippen molar-refractivity contribution >= 4 is 17.4 Å². The number of amides is 1. The fourth-order valence-corrected chi connectivity index (χ4v) is 1.29. The van der Waals surface area contributed by atoms with Crippen LogP contribution in [0.15, 0.2) is 48.7 Å². The van der Waals surface area contributed by atoms with Crippen LogP contribution in [0.4, 0.5) is 11.5 Å². The van der Waals surface area contributed by atoms with Gasteiger partial charge in [-0.3, -0.25) is 4.79 Å². The summed E-state index contributed by atoms with van der Waals surface area (Å²) in [5.74, 6) is 0.257. The molecule has 0 radical (unpaired) electrons. The van der Waals surface area contributed by atoms with Crippen LogP contribution < -0.4 is 11.1 Å². The van der Waals surface area contributed by atoms with Gasteiger partial charge >= 0.3 is 0 Å². The molecule has 0 aliphatic heterocycles. The second-order valence-corrected chi connectivity index (χ2v) is 3.29. The Hall–Kier alpha value is -2.36. The predicted octanol–water partition coefficient (Wildman–Crippen LogP) is 1.92. The maximum atomic E-state index is 11.7. The molecule has 1 aromatic heterocycles. The van der Waals surface area contributed by atoms with Gasteiger partial charge in [0, 0.05) is 23.5 Å². The predicted molar refractivity (Wildman–Crippen MR) is 63.0 cm³/mol. The maximum Gasteiger partial charge on any atom is 0.256 e. The van der Waals surface area contributed by atoms with E-state index in [9.17, 15) is 4.79 Å². The highest BCUT2D eigenvalue weighted by molar-refractivity contribution is 6.03. The Labute approximate surface area is 93.1 Å². The van der Waals surface area contributed by atoms with E-state index in [4.69, 9.17) is 5.73 Å². The fourth-order valence-electron chi connectivity index (χ4n) is 1.29. The number of nitrogens with zero attached hydrogens (tertiary/aromatic N) is 1. The van der Waals surface area contributed by atoms with Crippen molar-refractivity contribution in [1.29, 1.82) is 0 Å². The second kappa shape index (κ2) is 4.44. The van der Waals surface area contributed by atoms with Gasteiger partial charge in [0.1, 0.15) is 5.82 Å². The number of nitrogen functional groups attached to an aromatic ring is 1. The first-order valence-electron chi connectivity index (χ1n) is 4.83. The Morgan fingerprint density at radius 3 is 2.62 bits per heavy atom. The van der Waals surface area contributed by atoms with Crippen LogP contribution in [0.1, 0.15) is 10.4 Å². The summed E-state index contributed by atoms with van der Waals surface area (Å²) in [6.07, 6.45) is 1.55. The van der Waals surface area contributed by atoms with E-state index in [0.29, 0.717) is 17.1 Å². The van der Waals surface area contributed by atoms with Crippen molar-refractivity contribution in [2.24, 2.45) is 0 Å². The molecule has 4 nitrogen and oxygen atoms in total. The molecule has 2 aromatic rings. The van der Waals surface area contributed by atoms with Crippen LogP contribution >= 0.6 is 0 Å². The lowest BCUT2D eigenvalue weighted by molar-refractivity contribution is 0.102. The Morgan fingerprint density at radius 2 is 1.94 bits per heavy atom. The van der Waals surface area contributed by atoms with Crippen LogP contribution in [0.2, 0.25) is 0 Å². The van der Waals surface area contributed by atoms with E-state index in [1.165, 1.54) is 0 Å². The van der Waals surface area contributed by atoms with Gasteiger partial charge in [-0.15, -0.1) is 0 Å². The summed E-state index contributed by atoms with van der Waals surface area (Å²) in [5.41, 5.74) is 6.74. The Bertz CT molecular complexity index is 497. The standard InChI is InChI=1S/C12H11N3O/c13-10-6-7-14-11(8-10)15-12(16)9-4-2-1-3-5-9/h1-8H,(H3,13,14,15,16). The van der Waals surface area contributed by atoms with Crippen molar-refractivity contribution in [2.45, 2.75) is 0 Å². The minimum atomic E-state index is -0.196. The maximum absolute atomic E-state index is 11.7. The largest absolute Gasteiger partial charge is 0.399 e. The molecule has 0 aliphatic rings. The van der Waals surface area contributed by atoms with Crippen LogP contribution in [0.5, 0.6) is 0 Å². The van der Waals surface area contributed by atoms with Crippen LogP contribution in [-0.2, 0) is 0 Å². The quantitative estimate of drug-likeness (QED) is 0.800. The van der Waals surface area contributed by atoms with Crippen molar-refractivity contribution in [1.82, 2.24) is 4.98 Å². The van der Waals surface area contributed by atoms with Gasteiger partial charge in [0.15, 0.2) is 0 Å². The zero-order chi connectivity index (χ0) is 11.4. The van der Waals surface area contributed by atoms with Crippen LogP contribution in [0, 0.1) is 0 Å². The first-order chi connectivity index (χ1) is 7.75. The molecule has 0 bridgehead atoms. The first kappa shape index (κ1) is 10.2. The van der Waals surface area contributed by atoms with Crippen LogP contribution in [0.3, 0.4) is 0 Å². The average Bonchev–Trinajstić information content (AvgIpc) is 2.30. The number of carbonyl (C=O) groups excluding carboxylic acids is 1. The molecule has 1 amide bonds. The normalized spacial score (nSPS) is 9.75. The lowest BCUT2D eigenvalue weighted by Gasteiger charge is -2.04. The third-order valence-electron chi connectivity index (χ3n) is 2.06. The highest BCUT2D eigenvalue weighted by Gasteiger charge is 2.05. The number of hydrogen-bond acceptors (Lipinski definition) is 3. The summed E-state index contributed by atoms with van der Waals surface area (Å²) in [4.78, 5) is 15.7. The number of rotatable bonds is 2. The molecule has 1 heterocycles. The molecule has 0 fully saturated rings. The number of nitrogens with two attached hydrogens (primary N) is 1. The minimum Gasteiger partial charge on any atom is -0.399 e. The van der Waals surface area contributed by atoms with Gasteiger partial charge in [0.05, 0.1) is 0 Å². The molecule has 80 valence electrons. The van der Waals surface area contributed by atoms with E-state index in [1.54, 1.807) is 30.5 Å². The van der Waals surface area contributed by atoms with Gasteiger partial charge in [-0.1, -0.05) is 18.2 Å². The topological polar surface area (TPSA) is 68.0 Å². The SMILES string of the molecule is Nc1ccnc(NC(=O)c2ccccc2)c1.